The van der Waals surface area contributed by atoms with Crippen molar-refractivity contribution in [2.75, 3.05) is 10.2 Å². The summed E-state index contributed by atoms with van der Waals surface area (Å²) in [6.45, 7) is 4.21. The summed E-state index contributed by atoms with van der Waals surface area (Å²) in [4.78, 5) is 44.4. The zero-order chi connectivity index (χ0) is 23.9. The van der Waals surface area contributed by atoms with Crippen LogP contribution in [0.2, 0.25) is 0 Å². The molecule has 6 nitrogen and oxygen atoms in total. The average molecular weight is 454 g/mol. The summed E-state index contributed by atoms with van der Waals surface area (Å²) < 4.78 is 0. The largest absolute Gasteiger partial charge is 0.322 e. The van der Waals surface area contributed by atoms with Crippen molar-refractivity contribution in [2.24, 2.45) is 0 Å². The molecule has 2 heterocycles. The Morgan fingerprint density at radius 2 is 1.71 bits per heavy atom. The lowest BCUT2D eigenvalue weighted by Crippen LogP contribution is -2.69. The number of hydrogen-bond acceptors (Lipinski definition) is 3. The first-order valence-electron chi connectivity index (χ1n) is 11.7. The number of para-hydroxylation sites is 2. The highest BCUT2D eigenvalue weighted by molar-refractivity contribution is 6.18. The third-order valence-corrected chi connectivity index (χ3v) is 6.90. The van der Waals surface area contributed by atoms with Crippen molar-refractivity contribution >= 4 is 29.1 Å². The van der Waals surface area contributed by atoms with Crippen LogP contribution >= 0.6 is 0 Å². The molecule has 0 aliphatic carbocycles. The van der Waals surface area contributed by atoms with Gasteiger partial charge in [0.05, 0.1) is 11.3 Å². The summed E-state index contributed by atoms with van der Waals surface area (Å²) in [5.74, 6) is -0.768. The third kappa shape index (κ3) is 3.29. The lowest BCUT2D eigenvalue weighted by atomic mass is 9.94. The first-order chi connectivity index (χ1) is 16.5. The van der Waals surface area contributed by atoms with Crippen LogP contribution < -0.4 is 10.2 Å². The van der Waals surface area contributed by atoms with Gasteiger partial charge in [-0.25, -0.2) is 0 Å². The van der Waals surface area contributed by atoms with E-state index in [1.165, 1.54) is 0 Å². The maximum Gasteiger partial charge on any atom is 0.271 e. The molecule has 1 fully saturated rings. The third-order valence-electron chi connectivity index (χ3n) is 6.90. The molecule has 0 bridgehead atoms. The van der Waals surface area contributed by atoms with Crippen LogP contribution in [0.1, 0.15) is 46.8 Å². The Hall–Kier alpha value is -3.93. The number of aryl methyl sites for hydroxylation is 2. The molecule has 2 aliphatic rings. The van der Waals surface area contributed by atoms with Crippen LogP contribution in [0.15, 0.2) is 72.8 Å². The molecular weight excluding hydrogens is 426 g/mol. The standard InChI is InChI=1S/C28H27N3O3/c1-3-21-13-9-10-19(2)25(21)29-27(34)28-17-16-24(32)31(28)23-15-8-7-14-22(23)26(33)30(28)18-20-11-5-4-6-12-20/h4-15H,3,16-18H2,1-2H3,(H,29,34). The average Bonchev–Trinajstić information content (AvgIpc) is 3.22. The van der Waals surface area contributed by atoms with Gasteiger partial charge in [-0.3, -0.25) is 19.3 Å². The first kappa shape index (κ1) is 21.9. The Balaban J connectivity index is 1.66. The van der Waals surface area contributed by atoms with Gasteiger partial charge in [0, 0.05) is 25.1 Å². The van der Waals surface area contributed by atoms with Crippen LogP contribution in [0.25, 0.3) is 0 Å². The van der Waals surface area contributed by atoms with Gasteiger partial charge in [0.1, 0.15) is 0 Å². The highest BCUT2D eigenvalue weighted by atomic mass is 16.2. The summed E-state index contributed by atoms with van der Waals surface area (Å²) in [7, 11) is 0. The number of amides is 3. The number of carbonyl (C=O) groups is 3. The number of fused-ring (bicyclic) bond motifs is 3. The van der Waals surface area contributed by atoms with E-state index >= 15 is 0 Å². The number of rotatable bonds is 5. The SMILES string of the molecule is CCc1cccc(C)c1NC(=O)C12CCC(=O)N1c1ccccc1C(=O)N2Cc1ccccc1. The Kier molecular flexibility index (Phi) is 5.44. The van der Waals surface area contributed by atoms with E-state index in [-0.39, 0.29) is 37.1 Å². The van der Waals surface area contributed by atoms with Crippen molar-refractivity contribution in [3.05, 3.63) is 95.1 Å². The van der Waals surface area contributed by atoms with Crippen LogP contribution in [-0.2, 0) is 22.6 Å². The molecule has 5 rings (SSSR count). The van der Waals surface area contributed by atoms with Crippen LogP contribution in [0.3, 0.4) is 0 Å². The van der Waals surface area contributed by atoms with E-state index in [0.29, 0.717) is 11.3 Å². The quantitative estimate of drug-likeness (QED) is 0.610. The van der Waals surface area contributed by atoms with Gasteiger partial charge in [-0.05, 0) is 42.2 Å². The van der Waals surface area contributed by atoms with Crippen molar-refractivity contribution in [3.8, 4) is 0 Å². The van der Waals surface area contributed by atoms with E-state index in [1.54, 1.807) is 34.1 Å². The Labute approximate surface area is 199 Å². The molecule has 1 N–H and O–H groups in total. The van der Waals surface area contributed by atoms with Gasteiger partial charge in [0.25, 0.3) is 11.8 Å². The molecule has 172 valence electrons. The maximum atomic E-state index is 14.2. The van der Waals surface area contributed by atoms with Crippen LogP contribution in [0.5, 0.6) is 0 Å². The van der Waals surface area contributed by atoms with Gasteiger partial charge < -0.3 is 10.2 Å². The fraction of sp³-hybridized carbons (Fsp3) is 0.250. The van der Waals surface area contributed by atoms with Gasteiger partial charge in [-0.15, -0.1) is 0 Å². The fourth-order valence-corrected chi connectivity index (χ4v) is 5.19. The van der Waals surface area contributed by atoms with Crippen molar-refractivity contribution in [2.45, 2.75) is 45.3 Å². The second-order valence-electron chi connectivity index (χ2n) is 8.86. The van der Waals surface area contributed by atoms with Gasteiger partial charge in [-0.2, -0.15) is 0 Å². The zero-order valence-electron chi connectivity index (χ0n) is 19.4. The second-order valence-corrected chi connectivity index (χ2v) is 8.86. The minimum absolute atomic E-state index is 0.159. The van der Waals surface area contributed by atoms with Gasteiger partial charge in [0.2, 0.25) is 11.6 Å². The number of carbonyl (C=O) groups excluding carboxylic acids is 3. The summed E-state index contributed by atoms with van der Waals surface area (Å²) in [5.41, 5.74) is 3.08. The molecule has 0 spiro atoms. The molecule has 3 aromatic carbocycles. The molecule has 6 heteroatoms. The molecule has 1 unspecified atom stereocenters. The van der Waals surface area contributed by atoms with E-state index in [2.05, 4.69) is 5.32 Å². The summed E-state index contributed by atoms with van der Waals surface area (Å²) >= 11 is 0. The monoisotopic (exact) mass is 453 g/mol. The Morgan fingerprint density at radius 3 is 2.47 bits per heavy atom. The van der Waals surface area contributed by atoms with Crippen LogP contribution in [0.4, 0.5) is 11.4 Å². The molecule has 2 aliphatic heterocycles. The fourth-order valence-electron chi connectivity index (χ4n) is 5.19. The molecule has 0 radical (unpaired) electrons. The predicted molar refractivity (Wildman–Crippen MR) is 131 cm³/mol. The number of nitrogens with one attached hydrogen (secondary N) is 1. The molecule has 34 heavy (non-hydrogen) atoms. The highest BCUT2D eigenvalue weighted by Gasteiger charge is 2.60. The van der Waals surface area contributed by atoms with Gasteiger partial charge in [-0.1, -0.05) is 67.6 Å². The van der Waals surface area contributed by atoms with Crippen molar-refractivity contribution in [3.63, 3.8) is 0 Å². The van der Waals surface area contributed by atoms with Crippen molar-refractivity contribution in [1.29, 1.82) is 0 Å². The van der Waals surface area contributed by atoms with E-state index in [9.17, 15) is 14.4 Å². The molecule has 3 aromatic rings. The molecule has 0 saturated carbocycles. The van der Waals surface area contributed by atoms with Crippen molar-refractivity contribution in [1.82, 2.24) is 4.90 Å². The molecule has 3 amide bonds. The number of anilines is 2. The highest BCUT2D eigenvalue weighted by Crippen LogP contribution is 2.45. The zero-order valence-corrected chi connectivity index (χ0v) is 19.4. The minimum Gasteiger partial charge on any atom is -0.322 e. The van der Waals surface area contributed by atoms with Gasteiger partial charge in [0.15, 0.2) is 0 Å². The normalized spacial score (nSPS) is 19.1. The second kappa shape index (κ2) is 8.45. The Bertz CT molecular complexity index is 1290. The summed E-state index contributed by atoms with van der Waals surface area (Å²) in [5, 5.41) is 3.12. The van der Waals surface area contributed by atoms with E-state index in [1.807, 2.05) is 62.4 Å². The lowest BCUT2D eigenvalue weighted by molar-refractivity contribution is -0.129. The van der Waals surface area contributed by atoms with Crippen molar-refractivity contribution < 1.29 is 14.4 Å². The maximum absolute atomic E-state index is 14.2. The molecule has 1 saturated heterocycles. The van der Waals surface area contributed by atoms with E-state index in [0.717, 1.165) is 28.8 Å². The van der Waals surface area contributed by atoms with E-state index in [4.69, 9.17) is 0 Å². The number of hydrogen-bond donors (Lipinski definition) is 1. The summed E-state index contributed by atoms with van der Waals surface area (Å²) in [6, 6.07) is 22.5. The molecular formula is C28H27N3O3. The topological polar surface area (TPSA) is 69.7 Å². The summed E-state index contributed by atoms with van der Waals surface area (Å²) in [6.07, 6.45) is 1.18. The Morgan fingerprint density at radius 1 is 0.971 bits per heavy atom. The predicted octanol–water partition coefficient (Wildman–Crippen LogP) is 4.68. The number of nitrogens with zero attached hydrogens (tertiary/aromatic N) is 2. The smallest absolute Gasteiger partial charge is 0.271 e. The van der Waals surface area contributed by atoms with Crippen LogP contribution in [0, 0.1) is 6.92 Å². The first-order valence-corrected chi connectivity index (χ1v) is 11.7. The minimum atomic E-state index is -1.44. The van der Waals surface area contributed by atoms with Gasteiger partial charge >= 0.3 is 0 Å². The van der Waals surface area contributed by atoms with Crippen LogP contribution in [-0.4, -0.2) is 28.3 Å². The molecule has 1 atom stereocenters. The molecule has 0 aromatic heterocycles. The van der Waals surface area contributed by atoms with E-state index < -0.39 is 5.66 Å². The number of benzene rings is 3. The lowest BCUT2D eigenvalue weighted by Gasteiger charge is -2.49.